The fourth-order valence-corrected chi connectivity index (χ4v) is 2.49. The van der Waals surface area contributed by atoms with Crippen LogP contribution in [0.5, 0.6) is 0 Å². The Hall–Kier alpha value is -4.63. The van der Waals surface area contributed by atoms with Crippen LogP contribution in [0.3, 0.4) is 0 Å². The number of hydrogen-bond donors (Lipinski definition) is 5. The summed E-state index contributed by atoms with van der Waals surface area (Å²) in [6, 6.07) is -2.44. The van der Waals surface area contributed by atoms with Crippen molar-refractivity contribution in [1.29, 1.82) is 0 Å². The van der Waals surface area contributed by atoms with Crippen molar-refractivity contribution in [1.82, 2.24) is 21.3 Å². The van der Waals surface area contributed by atoms with Crippen molar-refractivity contribution in [2.45, 2.75) is 51.9 Å². The van der Waals surface area contributed by atoms with E-state index < -0.39 is 80.6 Å². The lowest BCUT2D eigenvalue weighted by molar-refractivity contribution is -0.394. The topological polar surface area (TPSA) is 240 Å². The van der Waals surface area contributed by atoms with Gasteiger partial charge in [-0.05, 0) is 27.7 Å². The van der Waals surface area contributed by atoms with E-state index >= 15 is 0 Å². The van der Waals surface area contributed by atoms with Gasteiger partial charge in [0.05, 0.1) is 21.5 Å². The Bertz CT molecular complexity index is 1030. The third-order valence-corrected chi connectivity index (χ3v) is 4.56. The number of carboxylic acid groups (broad SMARTS) is 1. The molecule has 1 aromatic carbocycles. The molecule has 0 saturated heterocycles. The summed E-state index contributed by atoms with van der Waals surface area (Å²) in [4.78, 5) is 79.8. The lowest BCUT2D eigenvalue weighted by Crippen LogP contribution is -2.55. The predicted molar refractivity (Wildman–Crippen MR) is 117 cm³/mol. The summed E-state index contributed by atoms with van der Waals surface area (Å²) in [5, 5.41) is 39.7. The van der Waals surface area contributed by atoms with Crippen molar-refractivity contribution in [3.8, 4) is 0 Å². The van der Waals surface area contributed by atoms with Crippen molar-refractivity contribution in [3.63, 3.8) is 0 Å². The maximum atomic E-state index is 12.4. The second kappa shape index (κ2) is 12.0. The van der Waals surface area contributed by atoms with Crippen LogP contribution in [-0.4, -0.2) is 68.7 Å². The van der Waals surface area contributed by atoms with Crippen LogP contribution in [-0.2, 0) is 19.2 Å². The second-order valence-corrected chi connectivity index (χ2v) is 7.48. The summed E-state index contributed by atoms with van der Waals surface area (Å²) < 4.78 is 0. The normalized spacial score (nSPS) is 13.8. The number of nitro groups is 2. The fraction of sp³-hybridized carbons (Fsp3) is 0.421. The molecule has 190 valence electrons. The molecule has 0 aliphatic heterocycles. The van der Waals surface area contributed by atoms with E-state index in [0.717, 1.165) is 12.1 Å². The third-order valence-electron chi connectivity index (χ3n) is 4.56. The van der Waals surface area contributed by atoms with Gasteiger partial charge in [0.15, 0.2) is 0 Å². The fourth-order valence-electron chi connectivity index (χ4n) is 2.49. The van der Waals surface area contributed by atoms with Crippen LogP contribution in [0.2, 0.25) is 0 Å². The molecule has 0 spiro atoms. The Balaban J connectivity index is 2.75. The highest BCUT2D eigenvalue weighted by molar-refractivity contribution is 5.99. The number of carboxylic acids is 1. The number of rotatable bonds is 11. The smallest absolute Gasteiger partial charge is 0.325 e. The monoisotopic (exact) mass is 496 g/mol. The Kier molecular flexibility index (Phi) is 9.74. The summed E-state index contributed by atoms with van der Waals surface area (Å²) in [7, 11) is 0. The first-order valence-corrected chi connectivity index (χ1v) is 10.0. The van der Waals surface area contributed by atoms with Crippen molar-refractivity contribution in [3.05, 3.63) is 44.0 Å². The van der Waals surface area contributed by atoms with Gasteiger partial charge in [0.1, 0.15) is 24.2 Å². The molecule has 0 bridgehead atoms. The van der Waals surface area contributed by atoms with Gasteiger partial charge in [-0.1, -0.05) is 0 Å². The molecule has 0 heterocycles. The summed E-state index contributed by atoms with van der Waals surface area (Å²) in [6.07, 6.45) is 0. The van der Waals surface area contributed by atoms with Crippen molar-refractivity contribution in [2.75, 3.05) is 0 Å². The van der Waals surface area contributed by atoms with Crippen molar-refractivity contribution < 1.29 is 38.9 Å². The Labute approximate surface area is 197 Å². The molecule has 16 heteroatoms. The van der Waals surface area contributed by atoms with E-state index in [2.05, 4.69) is 21.3 Å². The number of aliphatic carboxylic acids is 1. The standard InChI is InChI=1S/C19H24N6O10/c1-8(15(26)21-9(2)17(28)23-11(4)19(30)31)20-16(27)10(3)22-18(29)12-5-13(24(32)33)7-14(6-12)25(34)35/h5-11H,1-4H3,(H,20,27)(H,21,26)(H,22,29)(H,23,28)(H,30,31)/t8-,9-,10-,11-/m0/s1. The zero-order chi connectivity index (χ0) is 27.0. The molecule has 0 radical (unpaired) electrons. The molecule has 0 unspecified atom stereocenters. The molecule has 4 amide bonds. The first-order valence-electron chi connectivity index (χ1n) is 10.0. The van der Waals surface area contributed by atoms with Crippen LogP contribution in [0, 0.1) is 20.2 Å². The number of carbonyl (C=O) groups excluding carboxylic acids is 4. The number of nitro benzene ring substituents is 2. The summed E-state index contributed by atoms with van der Waals surface area (Å²) >= 11 is 0. The number of benzene rings is 1. The lowest BCUT2D eigenvalue weighted by atomic mass is 10.1. The van der Waals surface area contributed by atoms with Gasteiger partial charge in [-0.3, -0.25) is 44.2 Å². The van der Waals surface area contributed by atoms with E-state index in [1.54, 1.807) is 0 Å². The molecular formula is C19H24N6O10. The summed E-state index contributed by atoms with van der Waals surface area (Å²) in [5.74, 6) is -4.66. The van der Waals surface area contributed by atoms with Crippen LogP contribution in [0.1, 0.15) is 38.1 Å². The van der Waals surface area contributed by atoms with Crippen LogP contribution >= 0.6 is 0 Å². The van der Waals surface area contributed by atoms with Gasteiger partial charge in [0.25, 0.3) is 17.3 Å². The largest absolute Gasteiger partial charge is 0.480 e. The van der Waals surface area contributed by atoms with Crippen molar-refractivity contribution >= 4 is 41.0 Å². The number of nitrogens with zero attached hydrogens (tertiary/aromatic N) is 2. The molecule has 1 rings (SSSR count). The molecule has 4 atom stereocenters. The molecule has 35 heavy (non-hydrogen) atoms. The van der Waals surface area contributed by atoms with E-state index in [9.17, 15) is 44.2 Å². The highest BCUT2D eigenvalue weighted by Crippen LogP contribution is 2.22. The minimum atomic E-state index is -1.27. The number of hydrogen-bond acceptors (Lipinski definition) is 9. The zero-order valence-electron chi connectivity index (χ0n) is 19.1. The SMILES string of the molecule is C[C@H](NC(=O)[C@H](C)NC(=O)[C@H](C)NC(=O)[C@H](C)NC(=O)c1cc([N+](=O)[O-])cc([N+](=O)[O-])c1)C(=O)O. The van der Waals surface area contributed by atoms with Gasteiger partial charge in [-0.2, -0.15) is 0 Å². The van der Waals surface area contributed by atoms with E-state index in [4.69, 9.17) is 5.11 Å². The minimum absolute atomic E-state index is 0.424. The van der Waals surface area contributed by atoms with Gasteiger partial charge in [0, 0.05) is 12.1 Å². The molecular weight excluding hydrogens is 472 g/mol. The Morgan fingerprint density at radius 3 is 1.37 bits per heavy atom. The number of amides is 4. The molecule has 0 aliphatic rings. The summed E-state index contributed by atoms with van der Waals surface area (Å²) in [5.41, 5.74) is -1.81. The van der Waals surface area contributed by atoms with E-state index in [1.165, 1.54) is 27.7 Å². The highest BCUT2D eigenvalue weighted by atomic mass is 16.6. The number of carbonyl (C=O) groups is 5. The molecule has 0 aromatic heterocycles. The maximum Gasteiger partial charge on any atom is 0.325 e. The van der Waals surface area contributed by atoms with Crippen LogP contribution < -0.4 is 21.3 Å². The second-order valence-electron chi connectivity index (χ2n) is 7.48. The molecule has 16 nitrogen and oxygen atoms in total. The maximum absolute atomic E-state index is 12.4. The van der Waals surface area contributed by atoms with E-state index in [0.29, 0.717) is 6.07 Å². The first kappa shape index (κ1) is 28.4. The van der Waals surface area contributed by atoms with Gasteiger partial charge >= 0.3 is 5.97 Å². The summed E-state index contributed by atoms with van der Waals surface area (Å²) in [6.45, 7) is 5.07. The van der Waals surface area contributed by atoms with Gasteiger partial charge < -0.3 is 26.4 Å². The lowest BCUT2D eigenvalue weighted by Gasteiger charge is -2.21. The Morgan fingerprint density at radius 1 is 0.686 bits per heavy atom. The van der Waals surface area contributed by atoms with Gasteiger partial charge in [-0.15, -0.1) is 0 Å². The van der Waals surface area contributed by atoms with Gasteiger partial charge in [0.2, 0.25) is 17.7 Å². The number of nitrogens with one attached hydrogen (secondary N) is 4. The molecule has 1 aromatic rings. The molecule has 5 N–H and O–H groups in total. The zero-order valence-corrected chi connectivity index (χ0v) is 19.1. The van der Waals surface area contributed by atoms with Crippen LogP contribution in [0.4, 0.5) is 11.4 Å². The van der Waals surface area contributed by atoms with Gasteiger partial charge in [-0.25, -0.2) is 0 Å². The molecule has 0 aliphatic carbocycles. The quantitative estimate of drug-likeness (QED) is 0.189. The average Bonchev–Trinajstić information content (AvgIpc) is 2.77. The predicted octanol–water partition coefficient (Wildman–Crippen LogP) is -0.780. The van der Waals surface area contributed by atoms with Crippen LogP contribution in [0.25, 0.3) is 0 Å². The van der Waals surface area contributed by atoms with Crippen molar-refractivity contribution in [2.24, 2.45) is 0 Å². The van der Waals surface area contributed by atoms with E-state index in [-0.39, 0.29) is 0 Å². The Morgan fingerprint density at radius 2 is 1.03 bits per heavy atom. The number of non-ortho nitro benzene ring substituents is 2. The highest BCUT2D eigenvalue weighted by Gasteiger charge is 2.26. The molecule has 0 saturated carbocycles. The van der Waals surface area contributed by atoms with Crippen LogP contribution in [0.15, 0.2) is 18.2 Å². The van der Waals surface area contributed by atoms with E-state index in [1.807, 2.05) is 0 Å². The molecule has 0 fully saturated rings. The third kappa shape index (κ3) is 8.34. The average molecular weight is 496 g/mol. The minimum Gasteiger partial charge on any atom is -0.480 e. The first-order chi connectivity index (χ1) is 16.1.